The van der Waals surface area contributed by atoms with Gasteiger partial charge in [0.15, 0.2) is 0 Å². The number of benzene rings is 10. The molecule has 15 rings (SSSR count). The van der Waals surface area contributed by atoms with E-state index in [1.807, 2.05) is 89.0 Å². The average molecular weight is 1330 g/mol. The van der Waals surface area contributed by atoms with Crippen molar-refractivity contribution in [1.29, 1.82) is 0 Å². The number of nitrogens with zero attached hydrogens (tertiary/aromatic N) is 8. The average Bonchev–Trinajstić information content (AvgIpc) is 0.961. The van der Waals surface area contributed by atoms with E-state index in [0.717, 1.165) is 126 Å². The summed E-state index contributed by atoms with van der Waals surface area (Å²) in [6, 6.07) is 95.9. The normalized spacial score (nSPS) is 12.5. The molecule has 4 aromatic heterocycles. The molecule has 8 nitrogen and oxygen atoms in total. The lowest BCUT2D eigenvalue weighted by Gasteiger charge is -2.27. The first-order valence-electron chi connectivity index (χ1n) is 31.2. The lowest BCUT2D eigenvalue weighted by Crippen LogP contribution is -2.10. The zero-order valence-corrected chi connectivity index (χ0v) is 54.0. The van der Waals surface area contributed by atoms with E-state index in [0.29, 0.717) is 6.42 Å². The summed E-state index contributed by atoms with van der Waals surface area (Å²) in [6.45, 7) is 0. The summed E-state index contributed by atoms with van der Waals surface area (Å²) in [7, 11) is 3.50. The van der Waals surface area contributed by atoms with Crippen LogP contribution in [0.4, 0.5) is 34.1 Å². The number of aliphatic imine (C=N–C) groups is 1. The van der Waals surface area contributed by atoms with Gasteiger partial charge >= 0.3 is 0 Å². The van der Waals surface area contributed by atoms with Gasteiger partial charge in [0, 0.05) is 123 Å². The van der Waals surface area contributed by atoms with Gasteiger partial charge in [-0.25, -0.2) is 9.97 Å². The molecule has 0 radical (unpaired) electrons. The monoisotopic (exact) mass is 1330 g/mol. The van der Waals surface area contributed by atoms with Crippen LogP contribution in [0.25, 0.3) is 88.6 Å². The van der Waals surface area contributed by atoms with E-state index < -0.39 is 0 Å². The summed E-state index contributed by atoms with van der Waals surface area (Å²) in [5, 5.41) is 4.78. The summed E-state index contributed by atoms with van der Waals surface area (Å²) >= 11 is 1.84. The number of hydrogen-bond acceptors (Lipinski definition) is 9. The molecule has 0 fully saturated rings. The molecule has 0 spiro atoms. The lowest BCUT2D eigenvalue weighted by molar-refractivity contribution is 0.773. The lowest BCUT2D eigenvalue weighted by atomic mass is 9.90. The quantitative estimate of drug-likeness (QED) is 0.0718. The SMILES string of the molecule is C1=CN=CC(c2cc(-c3cccnc3)cc(-c3cc(-c4cc(-c5cccnc5)cc(-c5cccnc5)c4)nc(CCCc4ccc(N(c5ccc(-c6ccc(N(c7ccccc7)c7cccc8ccccc78)cc6)cc5)c5cccc6ccccc56)cc4)n3)c2)C1.SI. The van der Waals surface area contributed by atoms with Gasteiger partial charge in [0.25, 0.3) is 0 Å². The second-order valence-electron chi connectivity index (χ2n) is 23.1. The summed E-state index contributed by atoms with van der Waals surface area (Å²) in [4.78, 5) is 33.7. The third-order valence-corrected chi connectivity index (χ3v) is 17.2. The minimum Gasteiger partial charge on any atom is -0.310 e. The van der Waals surface area contributed by atoms with Gasteiger partial charge in [-0.2, -0.15) is 0 Å². The number of thiol groups is 1. The van der Waals surface area contributed by atoms with Gasteiger partial charge in [-0.15, -0.1) is 9.80 Å². The maximum absolute atomic E-state index is 5.44. The Morgan fingerprint density at radius 2 is 0.817 bits per heavy atom. The van der Waals surface area contributed by atoms with Crippen LogP contribution in [-0.2, 0) is 12.8 Å². The van der Waals surface area contributed by atoms with Crippen molar-refractivity contribution in [3.05, 3.63) is 333 Å². The molecule has 93 heavy (non-hydrogen) atoms. The minimum absolute atomic E-state index is 0.126. The van der Waals surface area contributed by atoms with Crippen molar-refractivity contribution in [2.45, 2.75) is 31.6 Å². The number of pyridine rings is 3. The van der Waals surface area contributed by atoms with Crippen molar-refractivity contribution in [2.75, 3.05) is 9.80 Å². The summed E-state index contributed by atoms with van der Waals surface area (Å²) < 4.78 is 0. The zero-order chi connectivity index (χ0) is 62.7. The highest BCUT2D eigenvalue weighted by molar-refractivity contribution is 14.2. The molecule has 10 aromatic carbocycles. The molecule has 1 aliphatic rings. The first kappa shape index (κ1) is 59.9. The molecule has 448 valence electrons. The summed E-state index contributed by atoms with van der Waals surface area (Å²) in [5.41, 5.74) is 21.3. The number of hydrogen-bond donors (Lipinski definition) is 1. The van der Waals surface area contributed by atoms with Crippen LogP contribution in [0.3, 0.4) is 0 Å². The number of aryl methyl sites for hydroxylation is 2. The smallest absolute Gasteiger partial charge is 0.129 e. The number of fused-ring (bicyclic) bond motifs is 2. The number of rotatable bonds is 17. The van der Waals surface area contributed by atoms with E-state index in [-0.39, 0.29) is 5.92 Å². The first-order valence-corrected chi connectivity index (χ1v) is 34.5. The molecule has 1 atom stereocenters. The molecule has 0 amide bonds. The Kier molecular flexibility index (Phi) is 18.2. The third kappa shape index (κ3) is 13.4. The van der Waals surface area contributed by atoms with Crippen LogP contribution in [0, 0.1) is 0 Å². The van der Waals surface area contributed by atoms with Gasteiger partial charge in [0.05, 0.1) is 22.8 Å². The van der Waals surface area contributed by atoms with Gasteiger partial charge < -0.3 is 9.80 Å². The fraction of sp³-hybridized carbons (Fsp3) is 0.0602. The van der Waals surface area contributed by atoms with Crippen molar-refractivity contribution in [2.24, 2.45) is 4.99 Å². The topological polar surface area (TPSA) is 83.3 Å². The summed E-state index contributed by atoms with van der Waals surface area (Å²) in [5.74, 6) is 0.909. The molecule has 0 N–H and O–H groups in total. The van der Waals surface area contributed by atoms with E-state index in [1.54, 1.807) is 0 Å². The molecule has 0 saturated carbocycles. The van der Waals surface area contributed by atoms with Gasteiger partial charge in [0.2, 0.25) is 0 Å². The predicted octanol–water partition coefficient (Wildman–Crippen LogP) is 22.4. The van der Waals surface area contributed by atoms with Crippen molar-refractivity contribution < 1.29 is 0 Å². The van der Waals surface area contributed by atoms with Crippen LogP contribution >= 0.6 is 31.0 Å². The molecular weight excluding hydrogens is 1270 g/mol. The van der Waals surface area contributed by atoms with Crippen LogP contribution in [0.15, 0.2) is 321 Å². The van der Waals surface area contributed by atoms with Gasteiger partial charge in [-0.05, 0) is 205 Å². The Morgan fingerprint density at radius 3 is 1.31 bits per heavy atom. The second kappa shape index (κ2) is 28.2. The van der Waals surface area contributed by atoms with Crippen LogP contribution in [0.1, 0.15) is 35.7 Å². The molecule has 0 saturated heterocycles. The standard InChI is InChI=1S/C83H62N8.HIS/c1-2-24-73(25-3-1)90(81-28-9-18-61-16-4-6-26-77(61)81)75-39-33-59(34-40-75)60-35-41-76(42-36-60)91(82-29-10-19-62-17-5-7-27-78(62)82)74-37-31-58(32-38-74)15-8-30-83-88-79(71-49-67(63-20-11-43-84-54-63)47-68(50-71)64-21-12-44-85-55-64)53-80(89-83)72-51-69(65-22-13-45-86-56-65)48-70(52-72)66-23-14-46-87-57-66;1-2/h1-7,9-14,16-22,24-29,31-57,66H,8,15,23,30H2;2H. The maximum atomic E-state index is 5.44. The van der Waals surface area contributed by atoms with E-state index in [4.69, 9.17) is 9.97 Å². The molecule has 10 heteroatoms. The number of anilines is 6. The number of para-hydroxylation sites is 1. The van der Waals surface area contributed by atoms with E-state index in [2.05, 4.69) is 294 Å². The van der Waals surface area contributed by atoms with Crippen molar-refractivity contribution in [3.8, 4) is 67.0 Å². The number of allylic oxidation sites excluding steroid dienone is 1. The van der Waals surface area contributed by atoms with Crippen LogP contribution in [0.2, 0.25) is 0 Å². The van der Waals surface area contributed by atoms with Gasteiger partial charge in [0.1, 0.15) is 5.82 Å². The van der Waals surface area contributed by atoms with Gasteiger partial charge in [-0.1, -0.05) is 158 Å². The first-order chi connectivity index (χ1) is 46.1. The van der Waals surface area contributed by atoms with Crippen molar-refractivity contribution in [1.82, 2.24) is 24.9 Å². The van der Waals surface area contributed by atoms with Crippen molar-refractivity contribution in [3.63, 3.8) is 0 Å². The largest absolute Gasteiger partial charge is 0.310 e. The maximum Gasteiger partial charge on any atom is 0.129 e. The highest BCUT2D eigenvalue weighted by Gasteiger charge is 2.21. The molecule has 1 aliphatic heterocycles. The Balaban J connectivity index is 0.00000371. The predicted molar refractivity (Wildman–Crippen MR) is 399 cm³/mol. The van der Waals surface area contributed by atoms with E-state index in [1.165, 1.54) is 32.7 Å². The third-order valence-electron chi connectivity index (χ3n) is 17.2. The molecule has 5 heterocycles. The highest BCUT2D eigenvalue weighted by atomic mass is 127. The summed E-state index contributed by atoms with van der Waals surface area (Å²) in [6.07, 6.45) is 20.5. The Bertz CT molecular complexity index is 4870. The van der Waals surface area contributed by atoms with Crippen LogP contribution < -0.4 is 9.80 Å². The van der Waals surface area contributed by atoms with Crippen LogP contribution in [-0.4, -0.2) is 31.1 Å². The highest BCUT2D eigenvalue weighted by Crippen LogP contribution is 2.43. The molecule has 0 aliphatic carbocycles. The van der Waals surface area contributed by atoms with E-state index in [9.17, 15) is 0 Å². The fourth-order valence-corrected chi connectivity index (χ4v) is 12.6. The Labute approximate surface area is 560 Å². The molecular formula is C83H63IN8S. The molecule has 14 aromatic rings. The number of aromatic nitrogens is 5. The Hall–Kier alpha value is -10.7. The van der Waals surface area contributed by atoms with E-state index >= 15 is 0 Å². The Morgan fingerprint density at radius 1 is 0.376 bits per heavy atom. The zero-order valence-electron chi connectivity index (χ0n) is 50.9. The molecule has 0 bridgehead atoms. The number of halogens is 1. The molecule has 1 unspecified atom stereocenters. The van der Waals surface area contributed by atoms with Gasteiger partial charge in [-0.3, -0.25) is 19.9 Å². The van der Waals surface area contributed by atoms with Crippen LogP contribution in [0.5, 0.6) is 0 Å². The fourth-order valence-electron chi connectivity index (χ4n) is 12.6. The minimum atomic E-state index is 0.126. The van der Waals surface area contributed by atoms with Crippen molar-refractivity contribution >= 4 is 92.9 Å². The second-order valence-corrected chi connectivity index (χ2v) is 23.1.